The Morgan fingerprint density at radius 2 is 2.14 bits per heavy atom. The Morgan fingerprint density at radius 3 is 2.79 bits per heavy atom. The molecule has 4 heteroatoms. The average Bonchev–Trinajstić information content (AvgIpc) is 2.64. The molecular weight excluding hydrogens is 176 g/mol. The van der Waals surface area contributed by atoms with Gasteiger partial charge in [0.25, 0.3) is 0 Å². The zero-order valence-corrected chi connectivity index (χ0v) is 7.38. The van der Waals surface area contributed by atoms with Crippen LogP contribution in [0.4, 0.5) is 5.95 Å². The minimum atomic E-state index is 0.382. The number of para-hydroxylation sites is 1. The highest BCUT2D eigenvalue weighted by Crippen LogP contribution is 2.15. The summed E-state index contributed by atoms with van der Waals surface area (Å²) < 4.78 is 1.68. The maximum atomic E-state index is 8.88. The van der Waals surface area contributed by atoms with E-state index in [0.717, 1.165) is 5.69 Å². The summed E-state index contributed by atoms with van der Waals surface area (Å²) in [4.78, 5) is 3.90. The largest absolute Gasteiger partial charge is 0.369 e. The van der Waals surface area contributed by atoms with E-state index in [0.29, 0.717) is 11.5 Å². The van der Waals surface area contributed by atoms with Crippen molar-refractivity contribution in [1.29, 1.82) is 5.26 Å². The normalized spacial score (nSPS) is 9.64. The van der Waals surface area contributed by atoms with Crippen LogP contribution >= 0.6 is 0 Å². The lowest BCUT2D eigenvalue weighted by molar-refractivity contribution is 1.07. The number of aromatic nitrogens is 2. The molecule has 14 heavy (non-hydrogen) atoms. The molecule has 0 aliphatic rings. The molecular formula is C10H8N4. The van der Waals surface area contributed by atoms with Gasteiger partial charge in [-0.15, -0.1) is 0 Å². The van der Waals surface area contributed by atoms with Crippen molar-refractivity contribution in [3.8, 4) is 11.8 Å². The van der Waals surface area contributed by atoms with Gasteiger partial charge in [0.15, 0.2) is 0 Å². The van der Waals surface area contributed by atoms with Gasteiger partial charge in [-0.05, 0) is 12.1 Å². The van der Waals surface area contributed by atoms with Gasteiger partial charge in [0.2, 0.25) is 5.95 Å². The third-order valence-corrected chi connectivity index (χ3v) is 1.95. The number of anilines is 1. The number of benzene rings is 1. The highest BCUT2D eigenvalue weighted by atomic mass is 15.1. The van der Waals surface area contributed by atoms with Crippen molar-refractivity contribution < 1.29 is 0 Å². The maximum Gasteiger partial charge on any atom is 0.204 e. The fraction of sp³-hybridized carbons (Fsp3) is 0. The number of nitriles is 1. The summed E-state index contributed by atoms with van der Waals surface area (Å²) in [7, 11) is 0. The molecule has 1 heterocycles. The summed E-state index contributed by atoms with van der Waals surface area (Å²) in [5.74, 6) is 0.382. The van der Waals surface area contributed by atoms with Crippen molar-refractivity contribution in [3.63, 3.8) is 0 Å². The Morgan fingerprint density at radius 1 is 1.36 bits per heavy atom. The summed E-state index contributed by atoms with van der Waals surface area (Å²) in [5.41, 5.74) is 6.97. The van der Waals surface area contributed by atoms with Crippen molar-refractivity contribution in [2.24, 2.45) is 0 Å². The van der Waals surface area contributed by atoms with E-state index in [2.05, 4.69) is 11.1 Å². The van der Waals surface area contributed by atoms with E-state index in [1.54, 1.807) is 23.0 Å². The van der Waals surface area contributed by atoms with E-state index in [4.69, 9.17) is 11.0 Å². The molecule has 0 unspecified atom stereocenters. The van der Waals surface area contributed by atoms with Crippen molar-refractivity contribution in [2.75, 3.05) is 5.73 Å². The van der Waals surface area contributed by atoms with E-state index >= 15 is 0 Å². The van der Waals surface area contributed by atoms with Crippen LogP contribution in [0, 0.1) is 11.3 Å². The van der Waals surface area contributed by atoms with Gasteiger partial charge >= 0.3 is 0 Å². The molecule has 0 aliphatic carbocycles. The summed E-state index contributed by atoms with van der Waals surface area (Å²) in [6.07, 6.45) is 3.33. The third kappa shape index (κ3) is 1.21. The van der Waals surface area contributed by atoms with Crippen molar-refractivity contribution >= 4 is 5.95 Å². The molecule has 0 saturated carbocycles. The summed E-state index contributed by atoms with van der Waals surface area (Å²) >= 11 is 0. The molecule has 0 radical (unpaired) electrons. The second-order valence-electron chi connectivity index (χ2n) is 2.78. The predicted molar refractivity (Wildman–Crippen MR) is 52.7 cm³/mol. The maximum absolute atomic E-state index is 8.88. The van der Waals surface area contributed by atoms with Crippen LogP contribution in [0.15, 0.2) is 36.7 Å². The smallest absolute Gasteiger partial charge is 0.204 e. The van der Waals surface area contributed by atoms with Crippen LogP contribution in [0.25, 0.3) is 5.69 Å². The fourth-order valence-electron chi connectivity index (χ4n) is 1.30. The van der Waals surface area contributed by atoms with E-state index in [1.165, 1.54) is 0 Å². The van der Waals surface area contributed by atoms with Gasteiger partial charge in [0.1, 0.15) is 6.07 Å². The first-order valence-electron chi connectivity index (χ1n) is 4.11. The van der Waals surface area contributed by atoms with Crippen LogP contribution in [0.1, 0.15) is 5.56 Å². The van der Waals surface area contributed by atoms with Crippen LogP contribution in [-0.4, -0.2) is 9.55 Å². The monoisotopic (exact) mass is 184 g/mol. The van der Waals surface area contributed by atoms with Crippen LogP contribution in [0.2, 0.25) is 0 Å². The minimum Gasteiger partial charge on any atom is -0.369 e. The molecule has 0 atom stereocenters. The van der Waals surface area contributed by atoms with Crippen LogP contribution in [0.3, 0.4) is 0 Å². The predicted octanol–water partition coefficient (Wildman–Crippen LogP) is 1.33. The molecule has 0 fully saturated rings. The van der Waals surface area contributed by atoms with Gasteiger partial charge in [-0.25, -0.2) is 4.98 Å². The first kappa shape index (κ1) is 8.32. The number of rotatable bonds is 1. The van der Waals surface area contributed by atoms with Gasteiger partial charge in [0.05, 0.1) is 11.3 Å². The number of nitrogens with zero attached hydrogens (tertiary/aromatic N) is 3. The van der Waals surface area contributed by atoms with Gasteiger partial charge in [0, 0.05) is 12.4 Å². The molecule has 0 amide bonds. The first-order chi connectivity index (χ1) is 6.83. The van der Waals surface area contributed by atoms with Crippen LogP contribution in [-0.2, 0) is 0 Å². The van der Waals surface area contributed by atoms with Gasteiger partial charge in [-0.2, -0.15) is 5.26 Å². The summed E-state index contributed by atoms with van der Waals surface area (Å²) in [6, 6.07) is 9.35. The fourth-order valence-corrected chi connectivity index (χ4v) is 1.30. The van der Waals surface area contributed by atoms with Crippen LogP contribution in [0.5, 0.6) is 0 Å². The Balaban J connectivity index is 2.64. The molecule has 2 aromatic rings. The minimum absolute atomic E-state index is 0.382. The molecule has 2 N–H and O–H groups in total. The zero-order chi connectivity index (χ0) is 9.97. The quantitative estimate of drug-likeness (QED) is 0.726. The Labute approximate surface area is 81.2 Å². The Bertz CT molecular complexity index is 493. The SMILES string of the molecule is N#Cc1ccccc1-n1ccnc1N. The van der Waals surface area contributed by atoms with Crippen molar-refractivity contribution in [2.45, 2.75) is 0 Å². The molecule has 1 aromatic carbocycles. The average molecular weight is 184 g/mol. The molecule has 0 aliphatic heterocycles. The number of imidazole rings is 1. The van der Waals surface area contributed by atoms with Gasteiger partial charge < -0.3 is 5.73 Å². The zero-order valence-electron chi connectivity index (χ0n) is 7.38. The van der Waals surface area contributed by atoms with Gasteiger partial charge in [-0.1, -0.05) is 12.1 Å². The van der Waals surface area contributed by atoms with E-state index in [-0.39, 0.29) is 0 Å². The number of nitrogen functional groups attached to an aromatic ring is 1. The van der Waals surface area contributed by atoms with Crippen molar-refractivity contribution in [1.82, 2.24) is 9.55 Å². The molecule has 0 bridgehead atoms. The second kappa shape index (κ2) is 3.23. The third-order valence-electron chi connectivity index (χ3n) is 1.95. The lowest BCUT2D eigenvalue weighted by Crippen LogP contribution is -2.01. The van der Waals surface area contributed by atoms with E-state index in [1.807, 2.05) is 18.2 Å². The second-order valence-corrected chi connectivity index (χ2v) is 2.78. The van der Waals surface area contributed by atoms with Crippen LogP contribution < -0.4 is 5.73 Å². The number of hydrogen-bond donors (Lipinski definition) is 1. The van der Waals surface area contributed by atoms with E-state index < -0.39 is 0 Å². The highest BCUT2D eigenvalue weighted by Gasteiger charge is 2.05. The Kier molecular flexibility index (Phi) is 1.92. The topological polar surface area (TPSA) is 67.6 Å². The summed E-state index contributed by atoms with van der Waals surface area (Å²) in [5, 5.41) is 8.88. The van der Waals surface area contributed by atoms with E-state index in [9.17, 15) is 0 Å². The Hall–Kier alpha value is -2.28. The van der Waals surface area contributed by atoms with Gasteiger partial charge in [-0.3, -0.25) is 4.57 Å². The molecule has 0 spiro atoms. The lowest BCUT2D eigenvalue weighted by atomic mass is 10.2. The molecule has 0 saturated heterocycles. The van der Waals surface area contributed by atoms with Crippen molar-refractivity contribution in [3.05, 3.63) is 42.2 Å². The molecule has 4 nitrogen and oxygen atoms in total. The molecule has 2 rings (SSSR count). The standard InChI is InChI=1S/C10H8N4/c11-7-8-3-1-2-4-9(8)14-6-5-13-10(14)12/h1-6H,(H2,12,13). The highest BCUT2D eigenvalue weighted by molar-refractivity contribution is 5.51. The first-order valence-corrected chi connectivity index (χ1v) is 4.11. The molecule has 1 aromatic heterocycles. The number of hydrogen-bond acceptors (Lipinski definition) is 3. The number of nitrogens with two attached hydrogens (primary N) is 1. The molecule has 68 valence electrons. The summed E-state index contributed by atoms with van der Waals surface area (Å²) in [6.45, 7) is 0. The lowest BCUT2D eigenvalue weighted by Gasteiger charge is -2.05.